The number of amides is 2. The second-order valence-electron chi connectivity index (χ2n) is 5.07. The number of aromatic nitrogens is 2. The lowest BCUT2D eigenvalue weighted by Crippen LogP contribution is -2.41. The van der Waals surface area contributed by atoms with Crippen molar-refractivity contribution in [3.8, 4) is 5.69 Å². The second kappa shape index (κ2) is 6.90. The minimum Gasteiger partial charge on any atom is -0.387 e. The lowest BCUT2D eigenvalue weighted by Gasteiger charge is -2.14. The molecular weight excluding hydrogens is 268 g/mol. The van der Waals surface area contributed by atoms with E-state index in [1.807, 2.05) is 50.4 Å². The van der Waals surface area contributed by atoms with Crippen molar-refractivity contribution in [3.63, 3.8) is 0 Å². The molecule has 21 heavy (non-hydrogen) atoms. The van der Waals surface area contributed by atoms with E-state index in [-0.39, 0.29) is 18.6 Å². The average Bonchev–Trinajstić information content (AvgIpc) is 2.98. The highest BCUT2D eigenvalue weighted by atomic mass is 16.3. The fraction of sp³-hybridized carbons (Fsp3) is 0.333. The van der Waals surface area contributed by atoms with Crippen molar-refractivity contribution in [2.45, 2.75) is 26.0 Å². The summed E-state index contributed by atoms with van der Waals surface area (Å²) in [5, 5.41) is 19.5. The number of hydrogen-bond acceptors (Lipinski definition) is 3. The van der Waals surface area contributed by atoms with Gasteiger partial charge in [0.15, 0.2) is 0 Å². The molecule has 0 aliphatic carbocycles. The molecule has 6 nitrogen and oxygen atoms in total. The highest BCUT2D eigenvalue weighted by molar-refractivity contribution is 5.74. The Kier molecular flexibility index (Phi) is 4.94. The van der Waals surface area contributed by atoms with Crippen LogP contribution in [0, 0.1) is 0 Å². The Balaban J connectivity index is 1.91. The first-order chi connectivity index (χ1) is 10.1. The maximum Gasteiger partial charge on any atom is 0.315 e. The Hall–Kier alpha value is -2.34. The molecular formula is C15H20N4O2. The molecule has 0 aliphatic rings. The van der Waals surface area contributed by atoms with Gasteiger partial charge < -0.3 is 15.7 Å². The maximum absolute atomic E-state index is 11.5. The van der Waals surface area contributed by atoms with Crippen molar-refractivity contribution < 1.29 is 9.90 Å². The monoisotopic (exact) mass is 288 g/mol. The third-order valence-electron chi connectivity index (χ3n) is 2.92. The van der Waals surface area contributed by atoms with E-state index in [0.29, 0.717) is 0 Å². The molecule has 0 saturated carbocycles. The Bertz CT molecular complexity index is 564. The van der Waals surface area contributed by atoms with Crippen LogP contribution in [0.5, 0.6) is 0 Å². The molecule has 2 aromatic rings. The summed E-state index contributed by atoms with van der Waals surface area (Å²) < 4.78 is 1.74. The summed E-state index contributed by atoms with van der Waals surface area (Å²) in [5.41, 5.74) is 1.66. The van der Waals surface area contributed by atoms with E-state index < -0.39 is 6.10 Å². The number of aliphatic hydroxyl groups is 1. The number of rotatable bonds is 5. The van der Waals surface area contributed by atoms with Gasteiger partial charge in [0.25, 0.3) is 0 Å². The summed E-state index contributed by atoms with van der Waals surface area (Å²) in [4.78, 5) is 11.5. The van der Waals surface area contributed by atoms with Gasteiger partial charge in [-0.25, -0.2) is 9.48 Å². The second-order valence-corrected chi connectivity index (χ2v) is 5.07. The summed E-state index contributed by atoms with van der Waals surface area (Å²) in [5.74, 6) is 0. The Morgan fingerprint density at radius 1 is 1.33 bits per heavy atom. The smallest absolute Gasteiger partial charge is 0.315 e. The summed E-state index contributed by atoms with van der Waals surface area (Å²) in [6, 6.07) is 9.03. The highest BCUT2D eigenvalue weighted by Gasteiger charge is 2.10. The van der Waals surface area contributed by atoms with Crippen LogP contribution in [0.15, 0.2) is 42.7 Å². The number of carbonyl (C=O) groups excluding carboxylic acids is 1. The number of carbonyl (C=O) groups is 1. The van der Waals surface area contributed by atoms with E-state index in [0.717, 1.165) is 11.3 Å². The van der Waals surface area contributed by atoms with Gasteiger partial charge in [-0.2, -0.15) is 5.10 Å². The quantitative estimate of drug-likeness (QED) is 0.782. The predicted octanol–water partition coefficient (Wildman–Crippen LogP) is 1.61. The van der Waals surface area contributed by atoms with Crippen LogP contribution < -0.4 is 10.6 Å². The fourth-order valence-corrected chi connectivity index (χ4v) is 1.89. The number of nitrogens with zero attached hydrogens (tertiary/aromatic N) is 2. The first-order valence-corrected chi connectivity index (χ1v) is 6.88. The Labute approximate surface area is 123 Å². The molecule has 1 heterocycles. The van der Waals surface area contributed by atoms with Gasteiger partial charge in [-0.3, -0.25) is 0 Å². The number of aliphatic hydroxyl groups excluding tert-OH is 1. The maximum atomic E-state index is 11.5. The fourth-order valence-electron chi connectivity index (χ4n) is 1.89. The first-order valence-electron chi connectivity index (χ1n) is 6.88. The van der Waals surface area contributed by atoms with Gasteiger partial charge >= 0.3 is 6.03 Å². The molecule has 2 rings (SSSR count). The highest BCUT2D eigenvalue weighted by Crippen LogP contribution is 2.15. The normalized spacial score (nSPS) is 12.2. The molecule has 2 amide bonds. The van der Waals surface area contributed by atoms with Crippen molar-refractivity contribution in [1.82, 2.24) is 20.4 Å². The standard InChI is InChI=1S/C15H20N4O2/c1-11(2)18-15(21)16-10-14(20)12-4-6-13(7-5-12)19-9-3-8-17-19/h3-9,11,14,20H,10H2,1-2H3,(H2,16,18,21). The Morgan fingerprint density at radius 3 is 2.62 bits per heavy atom. The summed E-state index contributed by atoms with van der Waals surface area (Å²) in [7, 11) is 0. The lowest BCUT2D eigenvalue weighted by molar-refractivity contribution is 0.172. The lowest BCUT2D eigenvalue weighted by atomic mass is 10.1. The van der Waals surface area contributed by atoms with Crippen LogP contribution >= 0.6 is 0 Å². The minimum atomic E-state index is -0.741. The zero-order valence-electron chi connectivity index (χ0n) is 12.2. The van der Waals surface area contributed by atoms with E-state index in [1.165, 1.54) is 0 Å². The van der Waals surface area contributed by atoms with Crippen molar-refractivity contribution in [2.75, 3.05) is 6.54 Å². The van der Waals surface area contributed by atoms with Gasteiger partial charge in [0.1, 0.15) is 0 Å². The van der Waals surface area contributed by atoms with Gasteiger partial charge in [-0.1, -0.05) is 12.1 Å². The van der Waals surface area contributed by atoms with Crippen LogP contribution in [0.1, 0.15) is 25.5 Å². The van der Waals surface area contributed by atoms with Crippen LogP contribution in [0.3, 0.4) is 0 Å². The van der Waals surface area contributed by atoms with Crippen LogP contribution in [-0.4, -0.2) is 33.5 Å². The zero-order chi connectivity index (χ0) is 15.2. The largest absolute Gasteiger partial charge is 0.387 e. The number of urea groups is 1. The molecule has 1 unspecified atom stereocenters. The van der Waals surface area contributed by atoms with E-state index in [1.54, 1.807) is 10.9 Å². The van der Waals surface area contributed by atoms with E-state index in [9.17, 15) is 9.90 Å². The van der Waals surface area contributed by atoms with Crippen LogP contribution in [0.2, 0.25) is 0 Å². The zero-order valence-corrected chi connectivity index (χ0v) is 12.2. The molecule has 0 spiro atoms. The van der Waals surface area contributed by atoms with Crippen molar-refractivity contribution in [1.29, 1.82) is 0 Å². The van der Waals surface area contributed by atoms with Crippen LogP contribution in [-0.2, 0) is 0 Å². The Morgan fingerprint density at radius 2 is 2.05 bits per heavy atom. The molecule has 112 valence electrons. The van der Waals surface area contributed by atoms with Crippen molar-refractivity contribution >= 4 is 6.03 Å². The average molecular weight is 288 g/mol. The molecule has 1 aromatic carbocycles. The van der Waals surface area contributed by atoms with Gasteiger partial charge in [0.05, 0.1) is 11.8 Å². The number of hydrogen-bond donors (Lipinski definition) is 3. The third kappa shape index (κ3) is 4.32. The predicted molar refractivity (Wildman–Crippen MR) is 80.2 cm³/mol. The van der Waals surface area contributed by atoms with Gasteiger partial charge in [-0.05, 0) is 37.6 Å². The molecule has 0 bridgehead atoms. The van der Waals surface area contributed by atoms with Crippen molar-refractivity contribution in [3.05, 3.63) is 48.3 Å². The number of nitrogens with one attached hydrogen (secondary N) is 2. The van der Waals surface area contributed by atoms with Gasteiger partial charge in [0, 0.05) is 25.0 Å². The van der Waals surface area contributed by atoms with E-state index in [2.05, 4.69) is 15.7 Å². The molecule has 6 heteroatoms. The van der Waals surface area contributed by atoms with Crippen molar-refractivity contribution in [2.24, 2.45) is 0 Å². The molecule has 0 radical (unpaired) electrons. The molecule has 0 fully saturated rings. The van der Waals surface area contributed by atoms with Crippen LogP contribution in [0.4, 0.5) is 4.79 Å². The van der Waals surface area contributed by atoms with Gasteiger partial charge in [-0.15, -0.1) is 0 Å². The topological polar surface area (TPSA) is 79.2 Å². The van der Waals surface area contributed by atoms with Gasteiger partial charge in [0.2, 0.25) is 0 Å². The molecule has 1 aromatic heterocycles. The minimum absolute atomic E-state index is 0.0653. The summed E-state index contributed by atoms with van der Waals surface area (Å²) in [6.45, 7) is 3.92. The molecule has 1 atom stereocenters. The summed E-state index contributed by atoms with van der Waals surface area (Å²) >= 11 is 0. The van der Waals surface area contributed by atoms with E-state index >= 15 is 0 Å². The molecule has 3 N–H and O–H groups in total. The SMILES string of the molecule is CC(C)NC(=O)NCC(O)c1ccc(-n2cccn2)cc1. The van der Waals surface area contributed by atoms with Crippen LogP contribution in [0.25, 0.3) is 5.69 Å². The number of benzene rings is 1. The molecule has 0 aliphatic heterocycles. The first kappa shape index (κ1) is 15.1. The summed E-state index contributed by atoms with van der Waals surface area (Å²) in [6.07, 6.45) is 2.82. The molecule has 0 saturated heterocycles. The third-order valence-corrected chi connectivity index (χ3v) is 2.92. The van der Waals surface area contributed by atoms with E-state index in [4.69, 9.17) is 0 Å².